The van der Waals surface area contributed by atoms with Gasteiger partial charge in [-0.2, -0.15) is 0 Å². The number of pyridine rings is 1. The summed E-state index contributed by atoms with van der Waals surface area (Å²) < 4.78 is 0. The first-order valence-corrected chi connectivity index (χ1v) is 6.67. The summed E-state index contributed by atoms with van der Waals surface area (Å²) in [6.07, 6.45) is 3.24. The molecule has 0 aliphatic heterocycles. The third kappa shape index (κ3) is 3.57. The van der Waals surface area contributed by atoms with E-state index in [1.54, 1.807) is 24.7 Å². The van der Waals surface area contributed by atoms with Crippen LogP contribution in [0, 0.1) is 0 Å². The highest BCUT2D eigenvalue weighted by Crippen LogP contribution is 2.23. The van der Waals surface area contributed by atoms with E-state index in [4.69, 9.17) is 11.6 Å². The van der Waals surface area contributed by atoms with Crippen LogP contribution >= 0.6 is 11.6 Å². The van der Waals surface area contributed by atoms with E-state index in [1.807, 2.05) is 20.8 Å². The van der Waals surface area contributed by atoms with Gasteiger partial charge in [0.25, 0.3) is 5.91 Å². The average molecular weight is 293 g/mol. The number of amides is 1. The summed E-state index contributed by atoms with van der Waals surface area (Å²) in [6, 6.07) is 3.34. The fraction of sp³-hybridized carbons (Fsp3) is 0.357. The van der Waals surface area contributed by atoms with Crippen molar-refractivity contribution in [1.82, 2.24) is 20.3 Å². The van der Waals surface area contributed by atoms with Crippen LogP contribution in [-0.4, -0.2) is 20.9 Å². The second kappa shape index (κ2) is 5.63. The van der Waals surface area contributed by atoms with Crippen LogP contribution in [0.3, 0.4) is 0 Å². The van der Waals surface area contributed by atoms with Gasteiger partial charge in [-0.05, 0) is 12.1 Å². The molecule has 2 N–H and O–H groups in total. The van der Waals surface area contributed by atoms with Gasteiger partial charge in [0, 0.05) is 22.9 Å². The van der Waals surface area contributed by atoms with Gasteiger partial charge in [-0.1, -0.05) is 32.4 Å². The largest absolute Gasteiger partial charge is 0.347 e. The summed E-state index contributed by atoms with van der Waals surface area (Å²) in [4.78, 5) is 23.2. The molecule has 2 aromatic heterocycles. The molecule has 1 amide bonds. The van der Waals surface area contributed by atoms with Crippen LogP contribution < -0.4 is 5.32 Å². The number of carbonyl (C=O) groups is 1. The van der Waals surface area contributed by atoms with Gasteiger partial charge in [-0.25, -0.2) is 9.97 Å². The Morgan fingerprint density at radius 3 is 2.75 bits per heavy atom. The van der Waals surface area contributed by atoms with Crippen LogP contribution in [0.15, 0.2) is 24.7 Å². The third-order valence-corrected chi connectivity index (χ3v) is 3.01. The van der Waals surface area contributed by atoms with E-state index in [9.17, 15) is 4.79 Å². The van der Waals surface area contributed by atoms with Crippen LogP contribution in [0.2, 0.25) is 5.15 Å². The van der Waals surface area contributed by atoms with Gasteiger partial charge >= 0.3 is 0 Å². The van der Waals surface area contributed by atoms with E-state index in [1.165, 1.54) is 0 Å². The number of hydrogen-bond acceptors (Lipinski definition) is 3. The Morgan fingerprint density at radius 1 is 1.40 bits per heavy atom. The molecule has 5 nitrogen and oxygen atoms in total. The van der Waals surface area contributed by atoms with Crippen molar-refractivity contribution in [3.63, 3.8) is 0 Å². The third-order valence-electron chi connectivity index (χ3n) is 2.82. The molecule has 0 aromatic carbocycles. The predicted octanol–water partition coefficient (Wildman–Crippen LogP) is 2.69. The summed E-state index contributed by atoms with van der Waals surface area (Å²) in [5.41, 5.74) is 1.98. The van der Waals surface area contributed by atoms with E-state index in [0.29, 0.717) is 17.3 Å². The van der Waals surface area contributed by atoms with Crippen LogP contribution in [0.25, 0.3) is 0 Å². The van der Waals surface area contributed by atoms with Crippen molar-refractivity contribution in [1.29, 1.82) is 0 Å². The minimum absolute atomic E-state index is 0.163. The molecule has 0 bridgehead atoms. The molecule has 0 fully saturated rings. The quantitative estimate of drug-likeness (QED) is 0.855. The van der Waals surface area contributed by atoms with E-state index >= 15 is 0 Å². The average Bonchev–Trinajstić information content (AvgIpc) is 2.87. The van der Waals surface area contributed by atoms with E-state index < -0.39 is 0 Å². The first-order valence-electron chi connectivity index (χ1n) is 6.30. The van der Waals surface area contributed by atoms with Gasteiger partial charge < -0.3 is 10.3 Å². The number of rotatable bonds is 3. The van der Waals surface area contributed by atoms with Crippen molar-refractivity contribution in [2.75, 3.05) is 0 Å². The monoisotopic (exact) mass is 292 g/mol. The van der Waals surface area contributed by atoms with E-state index in [-0.39, 0.29) is 11.3 Å². The zero-order valence-corrected chi connectivity index (χ0v) is 12.5. The highest BCUT2D eigenvalue weighted by atomic mass is 35.5. The van der Waals surface area contributed by atoms with Crippen molar-refractivity contribution in [3.8, 4) is 0 Å². The number of halogens is 1. The number of nitrogens with one attached hydrogen (secondary N) is 2. The van der Waals surface area contributed by atoms with Gasteiger partial charge in [0.1, 0.15) is 5.15 Å². The molecule has 0 aliphatic carbocycles. The smallest absolute Gasteiger partial charge is 0.251 e. The fourth-order valence-electron chi connectivity index (χ4n) is 1.67. The van der Waals surface area contributed by atoms with Crippen LogP contribution in [0.4, 0.5) is 0 Å². The maximum Gasteiger partial charge on any atom is 0.251 e. The van der Waals surface area contributed by atoms with E-state index in [2.05, 4.69) is 20.3 Å². The Hall–Kier alpha value is -1.88. The second-order valence-electron chi connectivity index (χ2n) is 5.57. The number of H-pyrrole nitrogens is 1. The van der Waals surface area contributed by atoms with E-state index in [0.717, 1.165) is 11.4 Å². The molecule has 2 aromatic rings. The van der Waals surface area contributed by atoms with Crippen LogP contribution in [0.5, 0.6) is 0 Å². The first-order chi connectivity index (χ1) is 9.36. The lowest BCUT2D eigenvalue weighted by Gasteiger charge is -2.18. The lowest BCUT2D eigenvalue weighted by atomic mass is 9.91. The minimum Gasteiger partial charge on any atom is -0.347 e. The van der Waals surface area contributed by atoms with Crippen molar-refractivity contribution < 1.29 is 4.79 Å². The Balaban J connectivity index is 2.15. The van der Waals surface area contributed by atoms with Crippen molar-refractivity contribution in [2.24, 2.45) is 0 Å². The molecule has 0 radical (unpaired) electrons. The molecule has 0 spiro atoms. The number of aromatic amines is 1. The molecule has 0 saturated heterocycles. The summed E-state index contributed by atoms with van der Waals surface area (Å²) in [5, 5.41) is 3.13. The van der Waals surface area contributed by atoms with Crippen molar-refractivity contribution in [2.45, 2.75) is 32.7 Å². The molecule has 0 aliphatic rings. The Labute approximate surface area is 122 Å². The second-order valence-corrected chi connectivity index (χ2v) is 5.96. The summed E-state index contributed by atoms with van der Waals surface area (Å²) in [5.74, 6) is -0.186. The number of hydrogen-bond donors (Lipinski definition) is 2. The first kappa shape index (κ1) is 14.5. The normalized spacial score (nSPS) is 11.4. The minimum atomic E-state index is -0.186. The standard InChI is InChI=1S/C14H17ClN4O/c1-14(2,3)11-4-9(5-12(15)19-11)13(20)17-7-10-6-16-8-18-10/h4-6,8H,7H2,1-3H3,(H,16,18)(H,17,20). The lowest BCUT2D eigenvalue weighted by Crippen LogP contribution is -2.24. The fourth-order valence-corrected chi connectivity index (χ4v) is 1.88. The Morgan fingerprint density at radius 2 is 2.15 bits per heavy atom. The SMILES string of the molecule is CC(C)(C)c1cc(C(=O)NCc2cnc[nH]2)cc(Cl)n1. The molecule has 0 saturated carbocycles. The molecule has 2 heterocycles. The molecule has 6 heteroatoms. The van der Waals surface area contributed by atoms with Crippen molar-refractivity contribution in [3.05, 3.63) is 46.8 Å². The zero-order chi connectivity index (χ0) is 14.8. The van der Waals surface area contributed by atoms with Crippen LogP contribution in [-0.2, 0) is 12.0 Å². The molecule has 0 unspecified atom stereocenters. The number of carbonyl (C=O) groups excluding carboxylic acids is 1. The lowest BCUT2D eigenvalue weighted by molar-refractivity contribution is 0.0950. The zero-order valence-electron chi connectivity index (χ0n) is 11.7. The van der Waals surface area contributed by atoms with Gasteiger partial charge in [0.2, 0.25) is 0 Å². The Kier molecular flexibility index (Phi) is 4.09. The molecule has 106 valence electrons. The summed E-state index contributed by atoms with van der Waals surface area (Å²) in [7, 11) is 0. The highest BCUT2D eigenvalue weighted by molar-refractivity contribution is 6.29. The number of imidazole rings is 1. The maximum atomic E-state index is 12.1. The predicted molar refractivity (Wildman–Crippen MR) is 77.7 cm³/mol. The molecule has 20 heavy (non-hydrogen) atoms. The van der Waals surface area contributed by atoms with Gasteiger partial charge in [0.05, 0.1) is 18.6 Å². The highest BCUT2D eigenvalue weighted by Gasteiger charge is 2.18. The summed E-state index contributed by atoms with van der Waals surface area (Å²) >= 11 is 5.99. The molecule has 0 atom stereocenters. The summed E-state index contributed by atoms with van der Waals surface area (Å²) in [6.45, 7) is 6.47. The Bertz CT molecular complexity index is 602. The number of aromatic nitrogens is 3. The van der Waals surface area contributed by atoms with Crippen molar-refractivity contribution >= 4 is 17.5 Å². The van der Waals surface area contributed by atoms with Gasteiger partial charge in [-0.15, -0.1) is 0 Å². The maximum absolute atomic E-state index is 12.1. The van der Waals surface area contributed by atoms with Gasteiger partial charge in [0.15, 0.2) is 0 Å². The van der Waals surface area contributed by atoms with Gasteiger partial charge in [-0.3, -0.25) is 4.79 Å². The topological polar surface area (TPSA) is 70.7 Å². The molecular formula is C14H17ClN4O. The molecular weight excluding hydrogens is 276 g/mol. The number of nitrogens with zero attached hydrogens (tertiary/aromatic N) is 2. The molecule has 2 rings (SSSR count). The van der Waals surface area contributed by atoms with Crippen LogP contribution in [0.1, 0.15) is 42.5 Å².